The highest BCUT2D eigenvalue weighted by atomic mass is 32.2. The van der Waals surface area contributed by atoms with Crippen LogP contribution in [0.1, 0.15) is 18.2 Å². The third kappa shape index (κ3) is 4.67. The van der Waals surface area contributed by atoms with E-state index in [1.807, 2.05) is 6.20 Å². The van der Waals surface area contributed by atoms with E-state index in [4.69, 9.17) is 13.0 Å². The van der Waals surface area contributed by atoms with Crippen molar-refractivity contribution in [2.24, 2.45) is 0 Å². The molecular weight excluding hydrogens is 247 g/mol. The van der Waals surface area contributed by atoms with Crippen molar-refractivity contribution in [1.29, 1.82) is 0 Å². The number of aromatic amines is 1. The Hall–Kier alpha value is -1.02. The van der Waals surface area contributed by atoms with Gasteiger partial charge in [-0.15, -0.1) is 0 Å². The maximum Gasteiger partial charge on any atom is 0.522 e. The van der Waals surface area contributed by atoms with Crippen LogP contribution in [0.15, 0.2) is 12.3 Å². The molecule has 0 radical (unpaired) electrons. The van der Waals surface area contributed by atoms with Gasteiger partial charge in [0, 0.05) is 11.9 Å². The standard InChI is InChI=1S/C7H11N.CHF3O3S/c1-3-7-4-5-8-6(7)2;2-1(3,4)8(5,6)7/h4-5,8H,3H2,1-2H3;(H,5,6,7). The monoisotopic (exact) mass is 259 g/mol. The third-order valence-electron chi connectivity index (χ3n) is 1.74. The number of alkyl halides is 3. The zero-order chi connectivity index (χ0) is 13.0. The van der Waals surface area contributed by atoms with Crippen molar-refractivity contribution in [2.75, 3.05) is 0 Å². The van der Waals surface area contributed by atoms with Gasteiger partial charge in [0.05, 0.1) is 0 Å². The first-order valence-electron chi connectivity index (χ1n) is 4.26. The molecular formula is C8H12F3NO3S. The number of halogens is 3. The van der Waals surface area contributed by atoms with Crippen LogP contribution in [-0.4, -0.2) is 23.5 Å². The summed E-state index contributed by atoms with van der Waals surface area (Å²) in [5.74, 6) is 0. The minimum Gasteiger partial charge on any atom is -0.365 e. The number of H-pyrrole nitrogens is 1. The van der Waals surface area contributed by atoms with Crippen LogP contribution in [-0.2, 0) is 16.5 Å². The van der Waals surface area contributed by atoms with Crippen molar-refractivity contribution in [1.82, 2.24) is 4.98 Å². The van der Waals surface area contributed by atoms with Crippen molar-refractivity contribution < 1.29 is 26.1 Å². The number of aryl methyl sites for hydroxylation is 2. The fraction of sp³-hybridized carbons (Fsp3) is 0.500. The summed E-state index contributed by atoms with van der Waals surface area (Å²) in [6.45, 7) is 4.26. The van der Waals surface area contributed by atoms with Crippen LogP contribution >= 0.6 is 0 Å². The van der Waals surface area contributed by atoms with Crippen LogP contribution in [0, 0.1) is 6.92 Å². The Kier molecular flexibility index (Phi) is 5.01. The predicted octanol–water partition coefficient (Wildman–Crippen LogP) is 2.28. The molecule has 0 aromatic carbocycles. The highest BCUT2D eigenvalue weighted by Crippen LogP contribution is 2.20. The summed E-state index contributed by atoms with van der Waals surface area (Å²) in [4.78, 5) is 3.12. The first kappa shape index (κ1) is 15.0. The van der Waals surface area contributed by atoms with E-state index < -0.39 is 15.6 Å². The van der Waals surface area contributed by atoms with Crippen molar-refractivity contribution in [3.63, 3.8) is 0 Å². The minimum absolute atomic E-state index is 1.13. The molecule has 0 bridgehead atoms. The second kappa shape index (κ2) is 5.35. The molecule has 0 atom stereocenters. The summed E-state index contributed by atoms with van der Waals surface area (Å²) in [6.07, 6.45) is 3.11. The Bertz CT molecular complexity index is 422. The van der Waals surface area contributed by atoms with E-state index in [2.05, 4.69) is 24.9 Å². The number of nitrogens with one attached hydrogen (secondary N) is 1. The van der Waals surface area contributed by atoms with Gasteiger partial charge in [0.2, 0.25) is 0 Å². The molecule has 1 aromatic heterocycles. The van der Waals surface area contributed by atoms with Gasteiger partial charge in [-0.1, -0.05) is 6.92 Å². The van der Waals surface area contributed by atoms with Gasteiger partial charge in [0.15, 0.2) is 0 Å². The zero-order valence-electron chi connectivity index (χ0n) is 8.67. The van der Waals surface area contributed by atoms with Gasteiger partial charge >= 0.3 is 15.6 Å². The fourth-order valence-electron chi connectivity index (χ4n) is 0.868. The molecule has 8 heteroatoms. The molecule has 1 rings (SSSR count). The van der Waals surface area contributed by atoms with Crippen LogP contribution in [0.3, 0.4) is 0 Å². The van der Waals surface area contributed by atoms with E-state index in [9.17, 15) is 13.2 Å². The molecule has 0 saturated heterocycles. The van der Waals surface area contributed by atoms with Crippen LogP contribution in [0.4, 0.5) is 13.2 Å². The molecule has 0 aliphatic heterocycles. The topological polar surface area (TPSA) is 70.2 Å². The van der Waals surface area contributed by atoms with Gasteiger partial charge in [-0.05, 0) is 25.0 Å². The lowest BCUT2D eigenvalue weighted by molar-refractivity contribution is -0.0510. The maximum atomic E-state index is 10.7. The van der Waals surface area contributed by atoms with Crippen molar-refractivity contribution in [3.05, 3.63) is 23.5 Å². The highest BCUT2D eigenvalue weighted by Gasteiger charge is 2.44. The molecule has 16 heavy (non-hydrogen) atoms. The lowest BCUT2D eigenvalue weighted by Gasteiger charge is -1.97. The number of aromatic nitrogens is 1. The summed E-state index contributed by atoms with van der Waals surface area (Å²) in [6, 6.07) is 2.12. The quantitative estimate of drug-likeness (QED) is 0.600. The molecule has 0 aliphatic carbocycles. The molecule has 0 aliphatic rings. The van der Waals surface area contributed by atoms with Crippen molar-refractivity contribution in [3.8, 4) is 0 Å². The Morgan fingerprint density at radius 1 is 1.44 bits per heavy atom. The first-order valence-corrected chi connectivity index (χ1v) is 5.70. The molecule has 1 heterocycles. The average Bonchev–Trinajstić information content (AvgIpc) is 2.48. The number of hydrogen-bond donors (Lipinski definition) is 2. The van der Waals surface area contributed by atoms with Crippen LogP contribution in [0.2, 0.25) is 0 Å². The molecule has 2 N–H and O–H groups in total. The van der Waals surface area contributed by atoms with Gasteiger partial charge in [0.1, 0.15) is 0 Å². The third-order valence-corrected chi connectivity index (χ3v) is 2.32. The first-order chi connectivity index (χ1) is 7.09. The average molecular weight is 259 g/mol. The second-order valence-electron chi connectivity index (χ2n) is 2.90. The predicted molar refractivity (Wildman–Crippen MR) is 52.5 cm³/mol. The Morgan fingerprint density at radius 3 is 2.00 bits per heavy atom. The molecule has 0 fully saturated rings. The van der Waals surface area contributed by atoms with E-state index in [0.717, 1.165) is 6.42 Å². The van der Waals surface area contributed by atoms with E-state index in [-0.39, 0.29) is 0 Å². The van der Waals surface area contributed by atoms with Crippen LogP contribution < -0.4 is 0 Å². The summed E-state index contributed by atoms with van der Waals surface area (Å²) < 4.78 is 57.5. The van der Waals surface area contributed by atoms with Crippen molar-refractivity contribution >= 4 is 10.1 Å². The Morgan fingerprint density at radius 2 is 1.88 bits per heavy atom. The van der Waals surface area contributed by atoms with Gasteiger partial charge in [-0.25, -0.2) is 0 Å². The van der Waals surface area contributed by atoms with Crippen molar-refractivity contribution in [2.45, 2.75) is 25.8 Å². The summed E-state index contributed by atoms with van der Waals surface area (Å²) in [7, 11) is -5.84. The largest absolute Gasteiger partial charge is 0.522 e. The van der Waals surface area contributed by atoms with Gasteiger partial charge in [-0.3, -0.25) is 4.55 Å². The molecule has 1 aromatic rings. The summed E-state index contributed by atoms with van der Waals surface area (Å²) in [5.41, 5.74) is -2.81. The summed E-state index contributed by atoms with van der Waals surface area (Å²) in [5, 5.41) is 0. The van der Waals surface area contributed by atoms with Crippen LogP contribution in [0.5, 0.6) is 0 Å². The van der Waals surface area contributed by atoms with Gasteiger partial charge in [-0.2, -0.15) is 21.6 Å². The molecule has 0 amide bonds. The Balaban J connectivity index is 0.000000281. The second-order valence-corrected chi connectivity index (χ2v) is 4.32. The lowest BCUT2D eigenvalue weighted by Crippen LogP contribution is -2.21. The van der Waals surface area contributed by atoms with E-state index in [0.29, 0.717) is 0 Å². The van der Waals surface area contributed by atoms with E-state index in [1.54, 1.807) is 0 Å². The van der Waals surface area contributed by atoms with E-state index >= 15 is 0 Å². The van der Waals surface area contributed by atoms with E-state index in [1.165, 1.54) is 11.3 Å². The number of hydrogen-bond acceptors (Lipinski definition) is 2. The van der Waals surface area contributed by atoms with Gasteiger partial charge < -0.3 is 4.98 Å². The summed E-state index contributed by atoms with van der Waals surface area (Å²) >= 11 is 0. The minimum atomic E-state index is -5.84. The molecule has 0 saturated carbocycles. The molecule has 94 valence electrons. The lowest BCUT2D eigenvalue weighted by atomic mass is 10.2. The van der Waals surface area contributed by atoms with Crippen LogP contribution in [0.25, 0.3) is 0 Å². The normalized spacial score (nSPS) is 11.9. The molecule has 4 nitrogen and oxygen atoms in total. The number of rotatable bonds is 1. The SMILES string of the molecule is CCc1cc[nH]c1C.O=S(=O)(O)C(F)(F)F. The maximum absolute atomic E-state index is 10.7. The molecule has 0 unspecified atom stereocenters. The molecule has 0 spiro atoms. The zero-order valence-corrected chi connectivity index (χ0v) is 9.48. The highest BCUT2D eigenvalue weighted by molar-refractivity contribution is 7.86. The van der Waals surface area contributed by atoms with Gasteiger partial charge in [0.25, 0.3) is 0 Å². The fourth-order valence-corrected chi connectivity index (χ4v) is 0.868. The smallest absolute Gasteiger partial charge is 0.365 e. The Labute approximate surface area is 91.2 Å².